The van der Waals surface area contributed by atoms with Gasteiger partial charge in [-0.2, -0.15) is 0 Å². The molecule has 0 spiro atoms. The number of unbranched alkanes of at least 4 members (excludes halogenated alkanes) is 3. The van der Waals surface area contributed by atoms with E-state index in [1.54, 1.807) is 0 Å². The van der Waals surface area contributed by atoms with Gasteiger partial charge in [-0.3, -0.25) is 0 Å². The second kappa shape index (κ2) is 3.91. The van der Waals surface area contributed by atoms with Crippen molar-refractivity contribution in [2.75, 3.05) is 6.61 Å². The number of hydrogen-bond donors (Lipinski definition) is 0. The Balaban J connectivity index is 1.98. The molecule has 0 bridgehead atoms. The van der Waals surface area contributed by atoms with Crippen molar-refractivity contribution >= 4 is 0 Å². The van der Waals surface area contributed by atoms with Crippen LogP contribution in [0.25, 0.3) is 0 Å². The van der Waals surface area contributed by atoms with Gasteiger partial charge in [0.15, 0.2) is 0 Å². The second-order valence-corrected chi connectivity index (χ2v) is 3.37. The summed E-state index contributed by atoms with van der Waals surface area (Å²) in [5, 5.41) is 0. The summed E-state index contributed by atoms with van der Waals surface area (Å²) in [5.41, 5.74) is 0.105. The molecule has 0 aromatic carbocycles. The van der Waals surface area contributed by atoms with Gasteiger partial charge in [-0.05, 0) is 6.42 Å². The Kier molecular flexibility index (Phi) is 3.13. The molecule has 1 atom stereocenters. The lowest BCUT2D eigenvalue weighted by Gasteiger charge is -2.04. The number of ether oxygens (including phenoxy) is 1. The molecule has 0 N–H and O–H groups in total. The van der Waals surface area contributed by atoms with E-state index in [0.29, 0.717) is 0 Å². The van der Waals surface area contributed by atoms with Crippen LogP contribution in [0.1, 0.15) is 39.0 Å². The normalized spacial score (nSPS) is 28.5. The first-order valence-corrected chi connectivity index (χ1v) is 4.60. The fourth-order valence-corrected chi connectivity index (χ4v) is 1.31. The highest BCUT2D eigenvalue weighted by molar-refractivity contribution is 5.06. The quantitative estimate of drug-likeness (QED) is 0.325. The lowest BCUT2D eigenvalue weighted by molar-refractivity contribution is 0.329. The van der Waals surface area contributed by atoms with Gasteiger partial charge in [-0.25, -0.2) is 0 Å². The molecule has 0 radical (unpaired) electrons. The van der Waals surface area contributed by atoms with E-state index in [1.165, 1.54) is 32.1 Å². The van der Waals surface area contributed by atoms with Crippen molar-refractivity contribution in [2.45, 2.75) is 44.6 Å². The van der Waals surface area contributed by atoms with Gasteiger partial charge in [0.2, 0.25) is 0 Å². The van der Waals surface area contributed by atoms with Crippen LogP contribution in [-0.2, 0) is 4.74 Å². The van der Waals surface area contributed by atoms with E-state index in [-0.39, 0.29) is 5.60 Å². The molecule has 1 heterocycles. The first-order chi connectivity index (χ1) is 5.33. The minimum atomic E-state index is 0.105. The van der Waals surface area contributed by atoms with Crippen molar-refractivity contribution in [3.05, 3.63) is 12.7 Å². The summed E-state index contributed by atoms with van der Waals surface area (Å²) in [6, 6.07) is 0. The summed E-state index contributed by atoms with van der Waals surface area (Å²) >= 11 is 0. The van der Waals surface area contributed by atoms with Gasteiger partial charge in [0.1, 0.15) is 5.60 Å². The van der Waals surface area contributed by atoms with Crippen molar-refractivity contribution in [1.82, 2.24) is 0 Å². The Hall–Kier alpha value is -0.300. The van der Waals surface area contributed by atoms with Crippen molar-refractivity contribution in [1.29, 1.82) is 0 Å². The summed E-state index contributed by atoms with van der Waals surface area (Å²) < 4.78 is 5.31. The average molecular weight is 154 g/mol. The van der Waals surface area contributed by atoms with Gasteiger partial charge < -0.3 is 4.74 Å². The van der Waals surface area contributed by atoms with Gasteiger partial charge in [-0.1, -0.05) is 38.7 Å². The summed E-state index contributed by atoms with van der Waals surface area (Å²) in [6.07, 6.45) is 8.43. The van der Waals surface area contributed by atoms with Crippen molar-refractivity contribution in [3.8, 4) is 0 Å². The van der Waals surface area contributed by atoms with Crippen molar-refractivity contribution in [2.24, 2.45) is 0 Å². The first-order valence-electron chi connectivity index (χ1n) is 4.60. The Bertz CT molecular complexity index is 125. The summed E-state index contributed by atoms with van der Waals surface area (Å²) in [4.78, 5) is 0. The van der Waals surface area contributed by atoms with E-state index in [9.17, 15) is 0 Å². The van der Waals surface area contributed by atoms with Crippen LogP contribution in [0.2, 0.25) is 0 Å². The van der Waals surface area contributed by atoms with Crippen LogP contribution in [-0.4, -0.2) is 12.2 Å². The molecule has 1 rings (SSSR count). The molecule has 1 saturated heterocycles. The van der Waals surface area contributed by atoms with E-state index in [4.69, 9.17) is 4.74 Å². The molecule has 1 heteroatoms. The molecular formula is C10H18O. The Labute approximate surface area is 69.4 Å². The van der Waals surface area contributed by atoms with Crippen LogP contribution in [0.4, 0.5) is 0 Å². The lowest BCUT2D eigenvalue weighted by Crippen LogP contribution is -2.05. The predicted octanol–water partition coefficient (Wildman–Crippen LogP) is 2.91. The molecule has 0 aliphatic carbocycles. The maximum absolute atomic E-state index is 5.31. The highest BCUT2D eigenvalue weighted by Gasteiger charge is 2.40. The number of hydrogen-bond acceptors (Lipinski definition) is 1. The zero-order valence-electron chi connectivity index (χ0n) is 7.44. The molecule has 1 fully saturated rings. The zero-order chi connectivity index (χ0) is 8.16. The maximum atomic E-state index is 5.31. The average Bonchev–Trinajstić information content (AvgIpc) is 2.80. The summed E-state index contributed by atoms with van der Waals surface area (Å²) in [6.45, 7) is 6.91. The van der Waals surface area contributed by atoms with E-state index in [0.717, 1.165) is 6.61 Å². The third kappa shape index (κ3) is 2.66. The number of epoxide rings is 1. The van der Waals surface area contributed by atoms with Crippen molar-refractivity contribution in [3.63, 3.8) is 0 Å². The van der Waals surface area contributed by atoms with Crippen LogP contribution in [0.5, 0.6) is 0 Å². The molecule has 1 nitrogen and oxygen atoms in total. The lowest BCUT2D eigenvalue weighted by atomic mass is 10.0. The molecule has 0 amide bonds. The van der Waals surface area contributed by atoms with Crippen LogP contribution in [0, 0.1) is 0 Å². The monoisotopic (exact) mass is 154 g/mol. The van der Waals surface area contributed by atoms with Gasteiger partial charge in [-0.15, -0.1) is 6.58 Å². The van der Waals surface area contributed by atoms with Crippen LogP contribution < -0.4 is 0 Å². The van der Waals surface area contributed by atoms with E-state index >= 15 is 0 Å². The number of rotatable bonds is 6. The predicted molar refractivity (Wildman–Crippen MR) is 47.6 cm³/mol. The second-order valence-electron chi connectivity index (χ2n) is 3.37. The van der Waals surface area contributed by atoms with Crippen molar-refractivity contribution < 1.29 is 4.74 Å². The first kappa shape index (κ1) is 8.79. The largest absolute Gasteiger partial charge is 0.365 e. The third-order valence-corrected chi connectivity index (χ3v) is 2.34. The molecular weight excluding hydrogens is 136 g/mol. The van der Waals surface area contributed by atoms with Crippen LogP contribution >= 0.6 is 0 Å². The Morgan fingerprint density at radius 1 is 1.45 bits per heavy atom. The van der Waals surface area contributed by atoms with Crippen LogP contribution in [0.15, 0.2) is 12.7 Å². The maximum Gasteiger partial charge on any atom is 0.109 e. The fraction of sp³-hybridized carbons (Fsp3) is 0.800. The minimum absolute atomic E-state index is 0.105. The van der Waals surface area contributed by atoms with Gasteiger partial charge in [0.05, 0.1) is 6.61 Å². The van der Waals surface area contributed by atoms with E-state index in [2.05, 4.69) is 13.5 Å². The van der Waals surface area contributed by atoms with Gasteiger partial charge >= 0.3 is 0 Å². The summed E-state index contributed by atoms with van der Waals surface area (Å²) in [5.74, 6) is 0. The van der Waals surface area contributed by atoms with E-state index in [1.807, 2.05) is 6.08 Å². The zero-order valence-corrected chi connectivity index (χ0v) is 7.44. The third-order valence-electron chi connectivity index (χ3n) is 2.34. The van der Waals surface area contributed by atoms with Gasteiger partial charge in [0.25, 0.3) is 0 Å². The molecule has 11 heavy (non-hydrogen) atoms. The molecule has 0 aromatic heterocycles. The highest BCUT2D eigenvalue weighted by Crippen LogP contribution is 2.33. The molecule has 1 aliphatic heterocycles. The molecule has 64 valence electrons. The molecule has 0 unspecified atom stereocenters. The smallest absolute Gasteiger partial charge is 0.109 e. The fourth-order valence-electron chi connectivity index (χ4n) is 1.31. The topological polar surface area (TPSA) is 12.5 Å². The SMILES string of the molecule is C=C[C@]1(CCCCCC)CO1. The molecule has 1 aliphatic rings. The molecule has 0 saturated carbocycles. The highest BCUT2D eigenvalue weighted by atomic mass is 16.6. The Morgan fingerprint density at radius 3 is 2.64 bits per heavy atom. The Morgan fingerprint density at radius 2 is 2.18 bits per heavy atom. The minimum Gasteiger partial charge on any atom is -0.365 e. The summed E-state index contributed by atoms with van der Waals surface area (Å²) in [7, 11) is 0. The van der Waals surface area contributed by atoms with Crippen LogP contribution in [0.3, 0.4) is 0 Å². The van der Waals surface area contributed by atoms with Gasteiger partial charge in [0, 0.05) is 0 Å². The standard InChI is InChI=1S/C10H18O/c1-3-5-6-7-8-10(4-2)9-11-10/h4H,2-3,5-9H2,1H3/t10-/m0/s1. The molecule has 0 aromatic rings. The van der Waals surface area contributed by atoms with E-state index < -0.39 is 0 Å².